The van der Waals surface area contributed by atoms with Crippen molar-refractivity contribution in [2.45, 2.75) is 60.2 Å². The molecule has 0 heterocycles. The summed E-state index contributed by atoms with van der Waals surface area (Å²) in [6.45, 7) is 5.95. The van der Waals surface area contributed by atoms with Gasteiger partial charge in [0.25, 0.3) is 10.1 Å². The smallest absolute Gasteiger partial charge is 0.282 e. The van der Waals surface area contributed by atoms with E-state index in [1.807, 2.05) is 0 Å². The standard InChI is InChI=1S/C7H8O3S.2C4H9.O.Sn/c1-6-4-2-3-5-7(6)11(8,9)10;2*1-3-4-2;;/h2-5H,1H3,(H,8,9,10);2*1,3-4H2,2H3;;. The van der Waals surface area contributed by atoms with Crippen molar-refractivity contribution in [3.8, 4) is 0 Å². The van der Waals surface area contributed by atoms with Crippen LogP contribution in [0.1, 0.15) is 45.1 Å². The molecule has 1 rings (SSSR count). The van der Waals surface area contributed by atoms with E-state index in [-0.39, 0.29) is 4.90 Å². The summed E-state index contributed by atoms with van der Waals surface area (Å²) in [5, 5.41) is 0. The van der Waals surface area contributed by atoms with Crippen molar-refractivity contribution in [1.82, 2.24) is 0 Å². The van der Waals surface area contributed by atoms with Gasteiger partial charge in [-0.15, -0.1) is 0 Å². The molecule has 0 aromatic heterocycles. The SMILES string of the molecule is CCC[CH2][Sn](=[O])[CH2]CCC.Cc1ccccc1S(=O)(=O)O. The Morgan fingerprint density at radius 3 is 1.86 bits per heavy atom. The van der Waals surface area contributed by atoms with Gasteiger partial charge >= 0.3 is 71.2 Å². The maximum absolute atomic E-state index is 11.2. The van der Waals surface area contributed by atoms with E-state index in [1.54, 1.807) is 25.1 Å². The molecule has 0 aliphatic rings. The van der Waals surface area contributed by atoms with Gasteiger partial charge in [0.1, 0.15) is 0 Å². The predicted octanol–water partition coefficient (Wildman–Crippen LogP) is 4.25. The van der Waals surface area contributed by atoms with Crippen LogP contribution in [0, 0.1) is 6.92 Å². The van der Waals surface area contributed by atoms with Gasteiger partial charge in [-0.2, -0.15) is 8.42 Å². The second-order valence-corrected chi connectivity index (χ2v) is 12.3. The molecule has 120 valence electrons. The zero-order valence-corrected chi connectivity index (χ0v) is 16.8. The first kappa shape index (κ1) is 20.7. The third-order valence-electron chi connectivity index (χ3n) is 2.99. The van der Waals surface area contributed by atoms with Crippen molar-refractivity contribution < 1.29 is 16.0 Å². The molecule has 1 aromatic rings. The van der Waals surface area contributed by atoms with Gasteiger partial charge in [-0.1, -0.05) is 18.2 Å². The Morgan fingerprint density at radius 1 is 1.05 bits per heavy atom. The molecule has 0 spiro atoms. The van der Waals surface area contributed by atoms with E-state index in [0.717, 1.165) is 8.87 Å². The summed E-state index contributed by atoms with van der Waals surface area (Å²) in [6.07, 6.45) is 4.81. The topological polar surface area (TPSA) is 71.4 Å². The fraction of sp³-hybridized carbons (Fsp3) is 0.600. The van der Waals surface area contributed by atoms with E-state index >= 15 is 0 Å². The Bertz CT molecular complexity index is 516. The van der Waals surface area contributed by atoms with Crippen LogP contribution in [0.2, 0.25) is 8.87 Å². The number of benzene rings is 1. The Labute approximate surface area is 135 Å². The van der Waals surface area contributed by atoms with Crippen molar-refractivity contribution in [1.29, 1.82) is 0 Å². The maximum atomic E-state index is 11.2. The number of hydrogen-bond acceptors (Lipinski definition) is 3. The fourth-order valence-corrected chi connectivity index (χ4v) is 7.43. The van der Waals surface area contributed by atoms with Crippen LogP contribution >= 0.6 is 0 Å². The molecule has 0 aliphatic heterocycles. The molecule has 4 nitrogen and oxygen atoms in total. The van der Waals surface area contributed by atoms with E-state index in [9.17, 15) is 11.5 Å². The normalized spacial score (nSPS) is 10.7. The second-order valence-electron chi connectivity index (χ2n) is 4.99. The van der Waals surface area contributed by atoms with Gasteiger partial charge in [0.15, 0.2) is 0 Å². The largest absolute Gasteiger partial charge is 0.294 e. The van der Waals surface area contributed by atoms with Crippen LogP contribution in [0.3, 0.4) is 0 Å². The molecule has 0 aliphatic carbocycles. The van der Waals surface area contributed by atoms with Crippen molar-refractivity contribution >= 4 is 29.9 Å². The predicted molar refractivity (Wildman–Crippen MR) is 86.9 cm³/mol. The van der Waals surface area contributed by atoms with Crippen molar-refractivity contribution in [2.75, 3.05) is 0 Å². The van der Waals surface area contributed by atoms with Crippen LogP contribution < -0.4 is 0 Å². The Hall–Kier alpha value is -0.271. The van der Waals surface area contributed by atoms with Gasteiger partial charge in [0, 0.05) is 0 Å². The van der Waals surface area contributed by atoms with Gasteiger partial charge in [0.05, 0.1) is 4.90 Å². The van der Waals surface area contributed by atoms with E-state index in [0.29, 0.717) is 5.56 Å². The molecule has 1 aromatic carbocycles. The summed E-state index contributed by atoms with van der Waals surface area (Å²) in [5.74, 6) is 0. The minimum atomic E-state index is -4.03. The Balaban J connectivity index is 0.000000384. The first-order chi connectivity index (χ1) is 9.82. The zero-order chi connectivity index (χ0) is 16.3. The summed E-state index contributed by atoms with van der Waals surface area (Å²) in [4.78, 5) is -0.0278. The minimum Gasteiger partial charge on any atom is -0.282 e. The quantitative estimate of drug-likeness (QED) is 0.528. The van der Waals surface area contributed by atoms with Crippen molar-refractivity contribution in [2.24, 2.45) is 0 Å². The van der Waals surface area contributed by atoms with Crippen LogP contribution in [0.4, 0.5) is 0 Å². The molecule has 0 fully saturated rings. The van der Waals surface area contributed by atoms with Gasteiger partial charge in [0.2, 0.25) is 0 Å². The van der Waals surface area contributed by atoms with E-state index in [4.69, 9.17) is 4.55 Å². The second kappa shape index (κ2) is 11.3. The van der Waals surface area contributed by atoms with E-state index in [1.165, 1.54) is 31.7 Å². The summed E-state index contributed by atoms with van der Waals surface area (Å²) < 4.78 is 43.3. The average Bonchev–Trinajstić information content (AvgIpc) is 2.42. The van der Waals surface area contributed by atoms with Crippen LogP contribution in [-0.4, -0.2) is 32.7 Å². The molecule has 0 saturated heterocycles. The molecule has 0 atom stereocenters. The minimum absolute atomic E-state index is 0.0278. The van der Waals surface area contributed by atoms with Crippen LogP contribution in [0.5, 0.6) is 0 Å². The Morgan fingerprint density at radius 2 is 1.52 bits per heavy atom. The third kappa shape index (κ3) is 10.1. The molecule has 21 heavy (non-hydrogen) atoms. The van der Waals surface area contributed by atoms with Crippen molar-refractivity contribution in [3.63, 3.8) is 0 Å². The molecule has 0 bridgehead atoms. The third-order valence-corrected chi connectivity index (χ3v) is 9.21. The molecular formula is C15H26O4SSn. The van der Waals surface area contributed by atoms with Crippen LogP contribution in [-0.2, 0) is 13.2 Å². The molecule has 0 radical (unpaired) electrons. The molecule has 6 heteroatoms. The monoisotopic (exact) mass is 422 g/mol. The first-order valence-corrected chi connectivity index (χ1v) is 14.0. The molecular weight excluding hydrogens is 395 g/mol. The van der Waals surface area contributed by atoms with E-state index in [2.05, 4.69) is 13.8 Å². The van der Waals surface area contributed by atoms with Gasteiger partial charge in [-0.25, -0.2) is 0 Å². The number of hydrogen-bond donors (Lipinski definition) is 1. The summed E-state index contributed by atoms with van der Waals surface area (Å²) in [6, 6.07) is 6.27. The maximum Gasteiger partial charge on any atom is 0.294 e. The average molecular weight is 421 g/mol. The number of unbranched alkanes of at least 4 members (excludes halogenated alkanes) is 2. The first-order valence-electron chi connectivity index (χ1n) is 7.37. The van der Waals surface area contributed by atoms with Crippen LogP contribution in [0.25, 0.3) is 0 Å². The molecule has 0 unspecified atom stereocenters. The molecule has 0 saturated carbocycles. The summed E-state index contributed by atoms with van der Waals surface area (Å²) in [5.41, 5.74) is 0.551. The number of rotatable bonds is 7. The fourth-order valence-electron chi connectivity index (χ4n) is 1.72. The molecule has 1 N–H and O–H groups in total. The van der Waals surface area contributed by atoms with Crippen molar-refractivity contribution in [3.05, 3.63) is 29.8 Å². The Kier molecular flexibility index (Phi) is 11.2. The van der Waals surface area contributed by atoms with Crippen LogP contribution in [0.15, 0.2) is 29.2 Å². The van der Waals surface area contributed by atoms with Gasteiger partial charge in [-0.05, 0) is 18.6 Å². The zero-order valence-electron chi connectivity index (χ0n) is 13.1. The van der Waals surface area contributed by atoms with Gasteiger partial charge in [-0.3, -0.25) is 4.55 Å². The summed E-state index contributed by atoms with van der Waals surface area (Å²) >= 11 is -1.99. The number of aryl methyl sites for hydroxylation is 1. The van der Waals surface area contributed by atoms with E-state index < -0.39 is 29.9 Å². The molecule has 0 amide bonds. The van der Waals surface area contributed by atoms with Gasteiger partial charge < -0.3 is 0 Å². The summed E-state index contributed by atoms with van der Waals surface area (Å²) in [7, 11) is -4.03.